The van der Waals surface area contributed by atoms with Crippen LogP contribution in [0.25, 0.3) is 0 Å². The topological polar surface area (TPSA) is 38.9 Å². The molecule has 1 aromatic carbocycles. The van der Waals surface area contributed by atoms with E-state index < -0.39 is 0 Å². The molecule has 1 heterocycles. The first-order chi connectivity index (χ1) is 11.4. The van der Waals surface area contributed by atoms with E-state index in [1.165, 1.54) is 63.4 Å². The van der Waals surface area contributed by atoms with Crippen molar-refractivity contribution in [1.82, 2.24) is 10.1 Å². The summed E-state index contributed by atoms with van der Waals surface area (Å²) in [5.74, 6) is 3.59. The molecule has 0 amide bonds. The molecule has 2 aromatic rings. The van der Waals surface area contributed by atoms with E-state index in [2.05, 4.69) is 35.5 Å². The molecule has 2 aliphatic carbocycles. The van der Waals surface area contributed by atoms with E-state index in [1.807, 2.05) is 0 Å². The van der Waals surface area contributed by atoms with E-state index in [4.69, 9.17) is 9.51 Å². The van der Waals surface area contributed by atoms with Crippen LogP contribution in [0.2, 0.25) is 0 Å². The van der Waals surface area contributed by atoms with Gasteiger partial charge in [-0.25, -0.2) is 0 Å². The van der Waals surface area contributed by atoms with Gasteiger partial charge in [-0.2, -0.15) is 4.98 Å². The first-order valence-electron chi connectivity index (χ1n) is 9.28. The van der Waals surface area contributed by atoms with Crippen molar-refractivity contribution in [1.29, 1.82) is 0 Å². The Morgan fingerprint density at radius 1 is 0.739 bits per heavy atom. The number of nitrogens with zero attached hydrogens (tertiary/aromatic N) is 2. The van der Waals surface area contributed by atoms with Crippen LogP contribution in [0.3, 0.4) is 0 Å². The number of benzene rings is 1. The number of aromatic nitrogens is 2. The molecule has 0 aliphatic heterocycles. The van der Waals surface area contributed by atoms with E-state index >= 15 is 0 Å². The van der Waals surface area contributed by atoms with E-state index in [-0.39, 0.29) is 0 Å². The van der Waals surface area contributed by atoms with E-state index in [1.54, 1.807) is 0 Å². The molecule has 3 heteroatoms. The van der Waals surface area contributed by atoms with Gasteiger partial charge in [-0.15, -0.1) is 0 Å². The Labute approximate surface area is 138 Å². The van der Waals surface area contributed by atoms with Crippen molar-refractivity contribution < 1.29 is 4.52 Å². The van der Waals surface area contributed by atoms with Crippen LogP contribution in [-0.4, -0.2) is 10.1 Å². The summed E-state index contributed by atoms with van der Waals surface area (Å²) >= 11 is 0. The minimum Gasteiger partial charge on any atom is -0.339 e. The van der Waals surface area contributed by atoms with Gasteiger partial charge in [0.05, 0.1) is 0 Å². The maximum Gasteiger partial charge on any atom is 0.229 e. The van der Waals surface area contributed by atoms with Gasteiger partial charge in [0.2, 0.25) is 5.89 Å². The summed E-state index contributed by atoms with van der Waals surface area (Å²) < 4.78 is 5.64. The van der Waals surface area contributed by atoms with Crippen molar-refractivity contribution in [3.8, 4) is 0 Å². The average Bonchev–Trinajstić information content (AvgIpc) is 3.14. The number of hydrogen-bond donors (Lipinski definition) is 0. The molecule has 3 nitrogen and oxygen atoms in total. The molecule has 2 fully saturated rings. The summed E-state index contributed by atoms with van der Waals surface area (Å²) in [6, 6.07) is 10.9. The van der Waals surface area contributed by atoms with E-state index in [9.17, 15) is 0 Å². The second-order valence-electron chi connectivity index (χ2n) is 7.28. The van der Waals surface area contributed by atoms with Crippen LogP contribution in [0, 0.1) is 0 Å². The third-order valence-electron chi connectivity index (χ3n) is 5.78. The maximum atomic E-state index is 5.64. The fourth-order valence-corrected chi connectivity index (χ4v) is 4.34. The number of hydrogen-bond acceptors (Lipinski definition) is 3. The van der Waals surface area contributed by atoms with Crippen molar-refractivity contribution in [3.05, 3.63) is 47.6 Å². The molecule has 4 rings (SSSR count). The largest absolute Gasteiger partial charge is 0.339 e. The smallest absolute Gasteiger partial charge is 0.229 e. The molecule has 0 bridgehead atoms. The van der Waals surface area contributed by atoms with Gasteiger partial charge >= 0.3 is 0 Å². The highest BCUT2D eigenvalue weighted by Gasteiger charge is 2.28. The molecule has 0 atom stereocenters. The third-order valence-corrected chi connectivity index (χ3v) is 5.78. The Balaban J connectivity index is 1.38. The molecule has 0 saturated heterocycles. The summed E-state index contributed by atoms with van der Waals surface area (Å²) in [5.41, 5.74) is 1.49. The summed E-state index contributed by atoms with van der Waals surface area (Å²) in [7, 11) is 0. The lowest BCUT2D eigenvalue weighted by Gasteiger charge is -2.26. The van der Waals surface area contributed by atoms with Gasteiger partial charge in [0.15, 0.2) is 5.82 Å². The Morgan fingerprint density at radius 3 is 2.17 bits per heavy atom. The summed E-state index contributed by atoms with van der Waals surface area (Å²) in [6.45, 7) is 0. The van der Waals surface area contributed by atoms with Crippen LogP contribution in [0.1, 0.15) is 92.8 Å². The molecule has 122 valence electrons. The van der Waals surface area contributed by atoms with Crippen molar-refractivity contribution in [2.24, 2.45) is 0 Å². The SMILES string of the molecule is c1ccc(C2CCC(c3nc(C4CCCCC4)no3)CC2)cc1. The van der Waals surface area contributed by atoms with Crippen molar-refractivity contribution in [2.45, 2.75) is 75.5 Å². The Kier molecular flexibility index (Phi) is 4.45. The Morgan fingerprint density at radius 2 is 1.43 bits per heavy atom. The Bertz CT molecular complexity index is 608. The van der Waals surface area contributed by atoms with Crippen LogP contribution < -0.4 is 0 Å². The monoisotopic (exact) mass is 310 g/mol. The summed E-state index contributed by atoms with van der Waals surface area (Å²) in [4.78, 5) is 4.78. The second kappa shape index (κ2) is 6.86. The van der Waals surface area contributed by atoms with Gasteiger partial charge in [0.1, 0.15) is 0 Å². The van der Waals surface area contributed by atoms with Crippen LogP contribution in [-0.2, 0) is 0 Å². The first-order valence-corrected chi connectivity index (χ1v) is 9.28. The van der Waals surface area contributed by atoms with E-state index in [0.29, 0.717) is 17.8 Å². The molecule has 0 N–H and O–H groups in total. The molecule has 23 heavy (non-hydrogen) atoms. The zero-order valence-electron chi connectivity index (χ0n) is 13.8. The molecular formula is C20H26N2O. The molecule has 0 unspecified atom stereocenters. The normalized spacial score (nSPS) is 26.3. The highest BCUT2D eigenvalue weighted by atomic mass is 16.5. The van der Waals surface area contributed by atoms with Crippen LogP contribution in [0.4, 0.5) is 0 Å². The summed E-state index contributed by atoms with van der Waals surface area (Å²) in [5, 5.41) is 4.31. The fraction of sp³-hybridized carbons (Fsp3) is 0.600. The van der Waals surface area contributed by atoms with Gasteiger partial charge in [0.25, 0.3) is 0 Å². The highest BCUT2D eigenvalue weighted by molar-refractivity contribution is 5.20. The lowest BCUT2D eigenvalue weighted by Crippen LogP contribution is -2.12. The van der Waals surface area contributed by atoms with Gasteiger partial charge < -0.3 is 4.52 Å². The molecule has 1 aromatic heterocycles. The minimum absolute atomic E-state index is 0.472. The van der Waals surface area contributed by atoms with E-state index in [0.717, 1.165) is 11.7 Å². The summed E-state index contributed by atoms with van der Waals surface area (Å²) in [6.07, 6.45) is 11.3. The zero-order chi connectivity index (χ0) is 15.5. The predicted molar refractivity (Wildman–Crippen MR) is 90.5 cm³/mol. The molecular weight excluding hydrogens is 284 g/mol. The van der Waals surface area contributed by atoms with Crippen LogP contribution in [0.5, 0.6) is 0 Å². The maximum absolute atomic E-state index is 5.64. The molecule has 0 spiro atoms. The van der Waals surface area contributed by atoms with Crippen LogP contribution >= 0.6 is 0 Å². The van der Waals surface area contributed by atoms with Crippen molar-refractivity contribution in [3.63, 3.8) is 0 Å². The third kappa shape index (κ3) is 3.34. The lowest BCUT2D eigenvalue weighted by atomic mass is 9.78. The number of rotatable bonds is 3. The van der Waals surface area contributed by atoms with Gasteiger partial charge in [0, 0.05) is 11.8 Å². The predicted octanol–water partition coefficient (Wildman–Crippen LogP) is 5.56. The zero-order valence-corrected chi connectivity index (χ0v) is 13.8. The second-order valence-corrected chi connectivity index (χ2v) is 7.28. The standard InChI is InChI=1S/C20H26N2O/c1-3-7-15(8-4-1)16-11-13-18(14-12-16)20-21-19(22-23-20)17-9-5-2-6-10-17/h1,3-4,7-8,16-18H,2,5-6,9-14H2. The average molecular weight is 310 g/mol. The van der Waals surface area contributed by atoms with Gasteiger partial charge in [-0.05, 0) is 50.0 Å². The highest BCUT2D eigenvalue weighted by Crippen LogP contribution is 2.40. The quantitative estimate of drug-likeness (QED) is 0.745. The molecule has 2 saturated carbocycles. The first kappa shape index (κ1) is 14.9. The van der Waals surface area contributed by atoms with Gasteiger partial charge in [-0.1, -0.05) is 54.8 Å². The fourth-order valence-electron chi connectivity index (χ4n) is 4.34. The van der Waals surface area contributed by atoms with Crippen LogP contribution in [0.15, 0.2) is 34.9 Å². The minimum atomic E-state index is 0.472. The molecule has 0 radical (unpaired) electrons. The molecule has 2 aliphatic rings. The van der Waals surface area contributed by atoms with Gasteiger partial charge in [-0.3, -0.25) is 0 Å². The Hall–Kier alpha value is -1.64. The van der Waals surface area contributed by atoms with Crippen molar-refractivity contribution >= 4 is 0 Å². The lowest BCUT2D eigenvalue weighted by molar-refractivity contribution is 0.297. The van der Waals surface area contributed by atoms with Crippen molar-refractivity contribution in [2.75, 3.05) is 0 Å².